The SMILES string of the molecule is NC(=O)C1CNCCN1CC(=O)Nc1ccc(Br)cc1Cl. The first-order valence-corrected chi connectivity index (χ1v) is 7.63. The minimum absolute atomic E-state index is 0.0989. The Labute approximate surface area is 136 Å². The van der Waals surface area contributed by atoms with Gasteiger partial charge in [-0.1, -0.05) is 27.5 Å². The van der Waals surface area contributed by atoms with E-state index in [9.17, 15) is 9.59 Å². The molecule has 1 saturated heterocycles. The van der Waals surface area contributed by atoms with Crippen molar-refractivity contribution in [1.82, 2.24) is 10.2 Å². The fraction of sp³-hybridized carbons (Fsp3) is 0.385. The Balaban J connectivity index is 1.98. The molecule has 1 heterocycles. The average molecular weight is 376 g/mol. The van der Waals surface area contributed by atoms with E-state index in [2.05, 4.69) is 26.6 Å². The molecule has 1 aliphatic heterocycles. The fourth-order valence-corrected chi connectivity index (χ4v) is 2.90. The highest BCUT2D eigenvalue weighted by Crippen LogP contribution is 2.25. The Kier molecular flexibility index (Phi) is 5.58. The highest BCUT2D eigenvalue weighted by Gasteiger charge is 2.28. The molecule has 6 nitrogen and oxygen atoms in total. The number of nitrogens with zero attached hydrogens (tertiary/aromatic N) is 1. The summed E-state index contributed by atoms with van der Waals surface area (Å²) in [5.74, 6) is -0.663. The molecule has 114 valence electrons. The number of nitrogens with one attached hydrogen (secondary N) is 2. The Morgan fingerprint density at radius 2 is 2.29 bits per heavy atom. The van der Waals surface area contributed by atoms with Gasteiger partial charge in [0.05, 0.1) is 17.3 Å². The van der Waals surface area contributed by atoms with Crippen LogP contribution in [0.4, 0.5) is 5.69 Å². The second-order valence-electron chi connectivity index (χ2n) is 4.77. The molecule has 0 bridgehead atoms. The third-order valence-electron chi connectivity index (χ3n) is 3.23. The summed E-state index contributed by atoms with van der Waals surface area (Å²) < 4.78 is 0.835. The normalized spacial score (nSPS) is 19.2. The van der Waals surface area contributed by atoms with Gasteiger partial charge in [0.2, 0.25) is 11.8 Å². The maximum atomic E-state index is 12.1. The molecular weight excluding hydrogens is 360 g/mol. The smallest absolute Gasteiger partial charge is 0.238 e. The number of benzene rings is 1. The van der Waals surface area contributed by atoms with Gasteiger partial charge in [-0.25, -0.2) is 0 Å². The Morgan fingerprint density at radius 1 is 1.52 bits per heavy atom. The minimum atomic E-state index is -0.468. The van der Waals surface area contributed by atoms with Crippen molar-refractivity contribution in [3.63, 3.8) is 0 Å². The second kappa shape index (κ2) is 7.22. The summed E-state index contributed by atoms with van der Waals surface area (Å²) in [6, 6.07) is 4.74. The maximum Gasteiger partial charge on any atom is 0.238 e. The quantitative estimate of drug-likeness (QED) is 0.726. The summed E-state index contributed by atoms with van der Waals surface area (Å²) in [5, 5.41) is 6.27. The molecule has 0 saturated carbocycles. The maximum absolute atomic E-state index is 12.1. The molecule has 0 aromatic heterocycles. The molecular formula is C13H16BrClN4O2. The lowest BCUT2D eigenvalue weighted by atomic mass is 10.2. The predicted octanol–water partition coefficient (Wildman–Crippen LogP) is 0.800. The lowest BCUT2D eigenvalue weighted by Gasteiger charge is -2.33. The Bertz CT molecular complexity index is 555. The van der Waals surface area contributed by atoms with Crippen molar-refractivity contribution in [2.45, 2.75) is 6.04 Å². The third-order valence-corrected chi connectivity index (χ3v) is 4.04. The van der Waals surface area contributed by atoms with E-state index in [1.165, 1.54) is 0 Å². The zero-order valence-corrected chi connectivity index (χ0v) is 13.6. The van der Waals surface area contributed by atoms with Gasteiger partial charge in [-0.15, -0.1) is 0 Å². The molecule has 0 radical (unpaired) electrons. The first-order chi connectivity index (χ1) is 9.97. The van der Waals surface area contributed by atoms with Crippen molar-refractivity contribution in [2.24, 2.45) is 5.73 Å². The minimum Gasteiger partial charge on any atom is -0.368 e. The fourth-order valence-electron chi connectivity index (χ4n) is 2.18. The van der Waals surface area contributed by atoms with E-state index in [4.69, 9.17) is 17.3 Å². The molecule has 2 rings (SSSR count). The summed E-state index contributed by atoms with van der Waals surface area (Å²) in [5.41, 5.74) is 5.89. The summed E-state index contributed by atoms with van der Waals surface area (Å²) in [7, 11) is 0. The summed E-state index contributed by atoms with van der Waals surface area (Å²) in [4.78, 5) is 25.2. The van der Waals surface area contributed by atoms with E-state index in [1.54, 1.807) is 23.1 Å². The number of nitrogens with two attached hydrogens (primary N) is 1. The lowest BCUT2D eigenvalue weighted by molar-refractivity contribution is -0.125. The van der Waals surface area contributed by atoms with Crippen molar-refractivity contribution in [3.05, 3.63) is 27.7 Å². The highest BCUT2D eigenvalue weighted by molar-refractivity contribution is 9.10. The first kappa shape index (κ1) is 16.2. The number of piperazine rings is 1. The van der Waals surface area contributed by atoms with Crippen LogP contribution in [0.25, 0.3) is 0 Å². The molecule has 1 aromatic rings. The van der Waals surface area contributed by atoms with Crippen LogP contribution in [0.15, 0.2) is 22.7 Å². The van der Waals surface area contributed by atoms with Gasteiger partial charge in [0, 0.05) is 24.1 Å². The molecule has 1 fully saturated rings. The number of rotatable bonds is 4. The van der Waals surface area contributed by atoms with E-state index < -0.39 is 11.9 Å². The number of halogens is 2. The first-order valence-electron chi connectivity index (χ1n) is 6.46. The molecule has 4 N–H and O–H groups in total. The van der Waals surface area contributed by atoms with Crippen LogP contribution in [-0.2, 0) is 9.59 Å². The topological polar surface area (TPSA) is 87.5 Å². The zero-order chi connectivity index (χ0) is 15.4. The van der Waals surface area contributed by atoms with Crippen LogP contribution in [0.3, 0.4) is 0 Å². The van der Waals surface area contributed by atoms with E-state index in [-0.39, 0.29) is 12.5 Å². The van der Waals surface area contributed by atoms with Gasteiger partial charge in [-0.3, -0.25) is 14.5 Å². The van der Waals surface area contributed by atoms with E-state index in [1.807, 2.05) is 0 Å². The van der Waals surface area contributed by atoms with Crippen molar-refractivity contribution in [1.29, 1.82) is 0 Å². The van der Waals surface area contributed by atoms with Crippen molar-refractivity contribution in [2.75, 3.05) is 31.5 Å². The number of hydrogen-bond donors (Lipinski definition) is 3. The number of carbonyl (C=O) groups is 2. The number of amides is 2. The van der Waals surface area contributed by atoms with Crippen LogP contribution in [0.1, 0.15) is 0 Å². The number of carbonyl (C=O) groups excluding carboxylic acids is 2. The predicted molar refractivity (Wildman–Crippen MR) is 85.2 cm³/mol. The average Bonchev–Trinajstić information content (AvgIpc) is 2.42. The van der Waals surface area contributed by atoms with Crippen LogP contribution in [0, 0.1) is 0 Å². The van der Waals surface area contributed by atoms with Crippen LogP contribution < -0.4 is 16.4 Å². The standard InChI is InChI=1S/C13H16BrClN4O2/c14-8-1-2-10(9(15)5-8)18-12(20)7-19-4-3-17-6-11(19)13(16)21/h1-2,5,11,17H,3-4,6-7H2,(H2,16,21)(H,18,20). The number of hydrogen-bond acceptors (Lipinski definition) is 4. The largest absolute Gasteiger partial charge is 0.368 e. The van der Waals surface area contributed by atoms with Crippen LogP contribution in [0.5, 0.6) is 0 Å². The van der Waals surface area contributed by atoms with Gasteiger partial charge in [-0.2, -0.15) is 0 Å². The molecule has 1 unspecified atom stereocenters. The molecule has 1 aromatic carbocycles. The summed E-state index contributed by atoms with van der Waals surface area (Å²) in [6.45, 7) is 1.87. The van der Waals surface area contributed by atoms with Crippen molar-refractivity contribution < 1.29 is 9.59 Å². The monoisotopic (exact) mass is 374 g/mol. The van der Waals surface area contributed by atoms with Crippen molar-refractivity contribution in [3.8, 4) is 0 Å². The van der Waals surface area contributed by atoms with Gasteiger partial charge in [0.25, 0.3) is 0 Å². The van der Waals surface area contributed by atoms with Gasteiger partial charge in [-0.05, 0) is 18.2 Å². The summed E-state index contributed by atoms with van der Waals surface area (Å²) >= 11 is 9.36. The van der Waals surface area contributed by atoms with Gasteiger partial charge in [0.15, 0.2) is 0 Å². The molecule has 0 spiro atoms. The molecule has 1 aliphatic rings. The van der Waals surface area contributed by atoms with Crippen LogP contribution in [0.2, 0.25) is 5.02 Å². The molecule has 8 heteroatoms. The van der Waals surface area contributed by atoms with Crippen LogP contribution in [-0.4, -0.2) is 48.9 Å². The Hall–Kier alpha value is -1.15. The lowest BCUT2D eigenvalue weighted by Crippen LogP contribution is -2.58. The molecule has 2 amide bonds. The number of anilines is 1. The third kappa shape index (κ3) is 4.41. The van der Waals surface area contributed by atoms with E-state index in [0.717, 1.165) is 11.0 Å². The van der Waals surface area contributed by atoms with Gasteiger partial charge >= 0.3 is 0 Å². The molecule has 1 atom stereocenters. The summed E-state index contributed by atoms with van der Waals surface area (Å²) in [6.07, 6.45) is 0. The zero-order valence-electron chi connectivity index (χ0n) is 11.2. The molecule has 21 heavy (non-hydrogen) atoms. The van der Waals surface area contributed by atoms with Crippen molar-refractivity contribution >= 4 is 45.0 Å². The second-order valence-corrected chi connectivity index (χ2v) is 6.09. The Morgan fingerprint density at radius 3 is 2.95 bits per heavy atom. The highest BCUT2D eigenvalue weighted by atomic mass is 79.9. The van der Waals surface area contributed by atoms with E-state index in [0.29, 0.717) is 23.8 Å². The molecule has 0 aliphatic carbocycles. The van der Waals surface area contributed by atoms with Crippen LogP contribution >= 0.6 is 27.5 Å². The number of primary amides is 1. The van der Waals surface area contributed by atoms with Gasteiger partial charge < -0.3 is 16.4 Å². The van der Waals surface area contributed by atoms with Gasteiger partial charge in [0.1, 0.15) is 6.04 Å². The van der Waals surface area contributed by atoms with E-state index >= 15 is 0 Å².